The van der Waals surface area contributed by atoms with E-state index < -0.39 is 0 Å². The van der Waals surface area contributed by atoms with Gasteiger partial charge in [-0.15, -0.1) is 11.8 Å². The molecule has 0 bridgehead atoms. The normalized spacial score (nSPS) is 15.3. The average Bonchev–Trinajstić information content (AvgIpc) is 2.39. The fourth-order valence-electron chi connectivity index (χ4n) is 0.739. The van der Waals surface area contributed by atoms with Gasteiger partial charge in [0, 0.05) is 14.0 Å². The van der Waals surface area contributed by atoms with Gasteiger partial charge in [-0.05, 0) is 5.41 Å². The number of hydrogen-bond acceptors (Lipinski definition) is 3. The summed E-state index contributed by atoms with van der Waals surface area (Å²) in [6, 6.07) is 0. The molecule has 3 heteroatoms. The maximum Gasteiger partial charge on any atom is 0.176 e. The molecule has 0 aromatic carbocycles. The minimum absolute atomic E-state index is 0.155. The number of allylic oxidation sites excluding steroid dienone is 1. The molecule has 0 aliphatic carbocycles. The molecule has 0 amide bonds. The molecule has 0 saturated carbocycles. The first-order chi connectivity index (χ1) is 5.22. The van der Waals surface area contributed by atoms with Crippen LogP contribution in [0.4, 0.5) is 0 Å². The topological polar surface area (TPSA) is 20.3 Å². The number of carbonyl (C=O) groups excluding carboxylic acids is 1. The Kier molecular flexibility index (Phi) is 5.03. The minimum atomic E-state index is 0.155. The highest BCUT2D eigenvalue weighted by molar-refractivity contribution is 8.02. The van der Waals surface area contributed by atoms with Crippen LogP contribution in [0.2, 0.25) is 0 Å². The molecule has 2 nitrogen and oxygen atoms in total. The van der Waals surface area contributed by atoms with Gasteiger partial charge in [0.15, 0.2) is 5.78 Å². The van der Waals surface area contributed by atoms with E-state index in [0.717, 1.165) is 11.6 Å². The van der Waals surface area contributed by atoms with Crippen molar-refractivity contribution in [3.63, 3.8) is 0 Å². The molecule has 0 aromatic heterocycles. The van der Waals surface area contributed by atoms with E-state index in [1.54, 1.807) is 18.7 Å². The molecule has 0 aromatic rings. The maximum atomic E-state index is 10.7. The molecule has 1 rings (SSSR count). The van der Waals surface area contributed by atoms with Crippen LogP contribution in [0.3, 0.4) is 0 Å². The van der Waals surface area contributed by atoms with E-state index in [0.29, 0.717) is 0 Å². The Bertz CT molecular complexity index is 165. The summed E-state index contributed by atoms with van der Waals surface area (Å²) in [6.45, 7) is 5.59. The summed E-state index contributed by atoms with van der Waals surface area (Å²) in [7, 11) is 1.92. The van der Waals surface area contributed by atoms with Gasteiger partial charge < -0.3 is 4.90 Å². The number of hydrogen-bond donors (Lipinski definition) is 0. The van der Waals surface area contributed by atoms with Crippen molar-refractivity contribution in [2.75, 3.05) is 12.9 Å². The first-order valence-electron chi connectivity index (χ1n) is 3.75. The second-order valence-corrected chi connectivity index (χ2v) is 2.88. The molecule has 1 aliphatic heterocycles. The van der Waals surface area contributed by atoms with E-state index in [2.05, 4.69) is 0 Å². The summed E-state index contributed by atoms with van der Waals surface area (Å²) in [4.78, 5) is 12.7. The number of likely N-dealkylation sites (N-methyl/N-ethyl adjacent to an activating group) is 1. The zero-order valence-corrected chi connectivity index (χ0v) is 8.36. The molecular formula is C8H15NOS. The predicted octanol–water partition coefficient (Wildman–Crippen LogP) is 2.08. The fraction of sp³-hybridized carbons (Fsp3) is 0.625. The Labute approximate surface area is 72.6 Å². The van der Waals surface area contributed by atoms with Crippen LogP contribution < -0.4 is 0 Å². The van der Waals surface area contributed by atoms with Crippen LogP contribution in [0, 0.1) is 0 Å². The number of nitrogens with zero attached hydrogens (tertiary/aromatic N) is 1. The van der Waals surface area contributed by atoms with Crippen molar-refractivity contribution in [2.45, 2.75) is 20.8 Å². The summed E-state index contributed by atoms with van der Waals surface area (Å²) in [5.74, 6) is 1.07. The fourth-order valence-corrected chi connectivity index (χ4v) is 1.68. The quantitative estimate of drug-likeness (QED) is 0.605. The van der Waals surface area contributed by atoms with E-state index in [-0.39, 0.29) is 5.78 Å². The molecule has 1 aliphatic rings. The SMILES string of the molecule is CC.CC(=O)C1=CSCN1C. The van der Waals surface area contributed by atoms with Crippen molar-refractivity contribution in [1.29, 1.82) is 0 Å². The smallest absolute Gasteiger partial charge is 0.176 e. The average molecular weight is 173 g/mol. The Morgan fingerprint density at radius 2 is 2.18 bits per heavy atom. The lowest BCUT2D eigenvalue weighted by Crippen LogP contribution is -2.16. The van der Waals surface area contributed by atoms with Gasteiger partial charge in [-0.2, -0.15) is 0 Å². The van der Waals surface area contributed by atoms with E-state index in [1.807, 2.05) is 31.2 Å². The molecule has 0 spiro atoms. The third-order valence-electron chi connectivity index (χ3n) is 1.24. The van der Waals surface area contributed by atoms with Gasteiger partial charge in [-0.1, -0.05) is 13.8 Å². The summed E-state index contributed by atoms with van der Waals surface area (Å²) in [5, 5.41) is 1.91. The van der Waals surface area contributed by atoms with E-state index >= 15 is 0 Å². The minimum Gasteiger partial charge on any atom is -0.362 e. The number of rotatable bonds is 1. The van der Waals surface area contributed by atoms with Crippen LogP contribution in [0.5, 0.6) is 0 Å². The molecular weight excluding hydrogens is 158 g/mol. The highest BCUT2D eigenvalue weighted by atomic mass is 32.2. The molecule has 0 unspecified atom stereocenters. The van der Waals surface area contributed by atoms with Crippen LogP contribution in [0.1, 0.15) is 20.8 Å². The van der Waals surface area contributed by atoms with Gasteiger partial charge in [0.05, 0.1) is 11.6 Å². The van der Waals surface area contributed by atoms with Crippen LogP contribution >= 0.6 is 11.8 Å². The molecule has 64 valence electrons. The number of thioether (sulfide) groups is 1. The van der Waals surface area contributed by atoms with Crippen LogP contribution in [0.15, 0.2) is 11.1 Å². The van der Waals surface area contributed by atoms with Crippen molar-refractivity contribution in [3.05, 3.63) is 11.1 Å². The molecule has 1 heterocycles. The summed E-state index contributed by atoms with van der Waals surface area (Å²) >= 11 is 1.66. The number of ketones is 1. The zero-order valence-electron chi connectivity index (χ0n) is 7.55. The van der Waals surface area contributed by atoms with E-state index in [4.69, 9.17) is 0 Å². The maximum absolute atomic E-state index is 10.7. The Morgan fingerprint density at radius 3 is 2.36 bits per heavy atom. The zero-order chi connectivity index (χ0) is 8.85. The van der Waals surface area contributed by atoms with Gasteiger partial charge in [0.25, 0.3) is 0 Å². The largest absolute Gasteiger partial charge is 0.362 e. The van der Waals surface area contributed by atoms with E-state index in [1.165, 1.54) is 0 Å². The van der Waals surface area contributed by atoms with Crippen LogP contribution in [-0.4, -0.2) is 23.6 Å². The molecule has 0 atom stereocenters. The van der Waals surface area contributed by atoms with Crippen molar-refractivity contribution in [3.8, 4) is 0 Å². The van der Waals surface area contributed by atoms with Gasteiger partial charge in [-0.3, -0.25) is 4.79 Å². The monoisotopic (exact) mass is 173 g/mol. The second-order valence-electron chi connectivity index (χ2n) is 2.05. The highest BCUT2D eigenvalue weighted by Crippen LogP contribution is 2.20. The lowest BCUT2D eigenvalue weighted by Gasteiger charge is -2.10. The van der Waals surface area contributed by atoms with Gasteiger partial charge in [0.1, 0.15) is 0 Å². The number of carbonyl (C=O) groups is 1. The lowest BCUT2D eigenvalue weighted by molar-refractivity contribution is -0.114. The third-order valence-corrected chi connectivity index (χ3v) is 2.16. The second kappa shape index (κ2) is 5.24. The van der Waals surface area contributed by atoms with Gasteiger partial charge >= 0.3 is 0 Å². The first kappa shape index (κ1) is 10.6. The van der Waals surface area contributed by atoms with Gasteiger partial charge in [0.2, 0.25) is 0 Å². The van der Waals surface area contributed by atoms with Crippen molar-refractivity contribution >= 4 is 17.5 Å². The Morgan fingerprint density at radius 1 is 1.64 bits per heavy atom. The third kappa shape index (κ3) is 2.97. The summed E-state index contributed by atoms with van der Waals surface area (Å²) in [6.07, 6.45) is 0. The Balaban J connectivity index is 0.000000461. The predicted molar refractivity (Wildman–Crippen MR) is 50.3 cm³/mol. The standard InChI is InChI=1S/C6H9NOS.C2H6/c1-5(8)6-3-9-4-7(6)2;1-2/h3H,4H2,1-2H3;1-2H3. The summed E-state index contributed by atoms with van der Waals surface area (Å²) in [5.41, 5.74) is 0.833. The molecule has 0 fully saturated rings. The molecule has 0 N–H and O–H groups in total. The summed E-state index contributed by atoms with van der Waals surface area (Å²) < 4.78 is 0. The highest BCUT2D eigenvalue weighted by Gasteiger charge is 2.13. The van der Waals surface area contributed by atoms with Crippen LogP contribution in [0.25, 0.3) is 0 Å². The van der Waals surface area contributed by atoms with Crippen molar-refractivity contribution in [1.82, 2.24) is 4.90 Å². The van der Waals surface area contributed by atoms with Crippen molar-refractivity contribution in [2.24, 2.45) is 0 Å². The molecule has 0 saturated heterocycles. The molecule has 0 radical (unpaired) electrons. The number of Topliss-reactive ketones (excluding diaryl/α,β-unsaturated/α-hetero) is 1. The van der Waals surface area contributed by atoms with Crippen molar-refractivity contribution < 1.29 is 4.79 Å². The first-order valence-corrected chi connectivity index (χ1v) is 4.80. The van der Waals surface area contributed by atoms with Gasteiger partial charge in [-0.25, -0.2) is 0 Å². The molecule has 11 heavy (non-hydrogen) atoms. The van der Waals surface area contributed by atoms with Crippen LogP contribution in [-0.2, 0) is 4.79 Å². The van der Waals surface area contributed by atoms with E-state index in [9.17, 15) is 4.79 Å². The Hall–Kier alpha value is -0.440. The lowest BCUT2D eigenvalue weighted by atomic mass is 10.3.